The number of carbonyl (C=O) groups excluding carboxylic acids is 1. The Hall–Kier alpha value is -2.69. The molecule has 0 heterocycles. The molecule has 2 aromatic rings. The highest BCUT2D eigenvalue weighted by Crippen LogP contribution is 2.23. The Bertz CT molecular complexity index is 643. The lowest BCUT2D eigenvalue weighted by atomic mass is 10.2. The van der Waals surface area contributed by atoms with E-state index in [0.29, 0.717) is 11.4 Å². The number of benzene rings is 2. The second kappa shape index (κ2) is 7.36. The van der Waals surface area contributed by atoms with Gasteiger partial charge in [-0.1, -0.05) is 18.2 Å². The van der Waals surface area contributed by atoms with Crippen molar-refractivity contribution in [2.45, 2.75) is 13.0 Å². The van der Waals surface area contributed by atoms with E-state index in [1.165, 1.54) is 0 Å². The Morgan fingerprint density at radius 1 is 1.05 bits per heavy atom. The van der Waals surface area contributed by atoms with Crippen molar-refractivity contribution in [3.05, 3.63) is 48.5 Å². The fourth-order valence-corrected chi connectivity index (χ4v) is 2.02. The number of para-hydroxylation sites is 2. The van der Waals surface area contributed by atoms with Gasteiger partial charge in [0.25, 0.3) is 0 Å². The van der Waals surface area contributed by atoms with Gasteiger partial charge in [-0.15, -0.1) is 0 Å². The van der Waals surface area contributed by atoms with E-state index in [4.69, 9.17) is 9.47 Å². The van der Waals surface area contributed by atoms with E-state index in [1.807, 2.05) is 36.4 Å². The predicted octanol–water partition coefficient (Wildman–Crippen LogP) is 3.14. The molecule has 116 valence electrons. The molecule has 0 aliphatic carbocycles. The second-order valence-electron chi connectivity index (χ2n) is 4.79. The van der Waals surface area contributed by atoms with Crippen LogP contribution in [0, 0.1) is 0 Å². The van der Waals surface area contributed by atoms with E-state index >= 15 is 0 Å². The summed E-state index contributed by atoms with van der Waals surface area (Å²) in [7, 11) is 3.18. The monoisotopic (exact) mass is 300 g/mol. The van der Waals surface area contributed by atoms with Crippen molar-refractivity contribution in [2.24, 2.45) is 0 Å². The van der Waals surface area contributed by atoms with Gasteiger partial charge in [-0.3, -0.25) is 4.79 Å². The lowest BCUT2D eigenvalue weighted by Crippen LogP contribution is -2.31. The fraction of sp³-hybridized carbons (Fsp3) is 0.235. The van der Waals surface area contributed by atoms with Crippen LogP contribution in [0.25, 0.3) is 0 Å². The molecular formula is C17H20N2O3. The Kier molecular flexibility index (Phi) is 5.25. The highest BCUT2D eigenvalue weighted by molar-refractivity contribution is 5.97. The van der Waals surface area contributed by atoms with Gasteiger partial charge in [0.05, 0.1) is 19.9 Å². The number of ether oxygens (including phenoxy) is 2. The molecule has 1 atom stereocenters. The molecule has 0 radical (unpaired) electrons. The molecule has 0 fully saturated rings. The summed E-state index contributed by atoms with van der Waals surface area (Å²) in [6, 6.07) is 14.3. The predicted molar refractivity (Wildman–Crippen MR) is 87.7 cm³/mol. The SMILES string of the molecule is COc1cccc(NC(C)C(=O)Nc2ccccc2OC)c1. The summed E-state index contributed by atoms with van der Waals surface area (Å²) in [6.07, 6.45) is 0. The normalized spacial score (nSPS) is 11.4. The minimum atomic E-state index is -0.406. The molecular weight excluding hydrogens is 280 g/mol. The number of hydrogen-bond acceptors (Lipinski definition) is 4. The van der Waals surface area contributed by atoms with Crippen LogP contribution < -0.4 is 20.1 Å². The first-order valence-electron chi connectivity index (χ1n) is 6.98. The number of carbonyl (C=O) groups is 1. The molecule has 0 aliphatic rings. The van der Waals surface area contributed by atoms with Gasteiger partial charge in [0, 0.05) is 11.8 Å². The quantitative estimate of drug-likeness (QED) is 0.860. The molecule has 0 bridgehead atoms. The smallest absolute Gasteiger partial charge is 0.246 e. The molecule has 0 aromatic heterocycles. The zero-order chi connectivity index (χ0) is 15.9. The van der Waals surface area contributed by atoms with Crippen LogP contribution in [0.5, 0.6) is 11.5 Å². The minimum absolute atomic E-state index is 0.146. The third kappa shape index (κ3) is 3.91. The highest BCUT2D eigenvalue weighted by atomic mass is 16.5. The van der Waals surface area contributed by atoms with Crippen LogP contribution in [-0.4, -0.2) is 26.2 Å². The van der Waals surface area contributed by atoms with Gasteiger partial charge in [0.15, 0.2) is 0 Å². The zero-order valence-electron chi connectivity index (χ0n) is 12.9. The van der Waals surface area contributed by atoms with E-state index in [0.717, 1.165) is 11.4 Å². The molecule has 0 saturated heterocycles. The van der Waals surface area contributed by atoms with Gasteiger partial charge in [0.1, 0.15) is 17.5 Å². The summed E-state index contributed by atoms with van der Waals surface area (Å²) >= 11 is 0. The molecule has 1 amide bonds. The molecule has 5 nitrogen and oxygen atoms in total. The molecule has 0 spiro atoms. The first kappa shape index (κ1) is 15.7. The summed E-state index contributed by atoms with van der Waals surface area (Å²) in [6.45, 7) is 1.80. The molecule has 2 rings (SSSR count). The first-order valence-corrected chi connectivity index (χ1v) is 6.98. The van der Waals surface area contributed by atoms with Crippen molar-refractivity contribution in [2.75, 3.05) is 24.9 Å². The molecule has 1 unspecified atom stereocenters. The second-order valence-corrected chi connectivity index (χ2v) is 4.79. The van der Waals surface area contributed by atoms with Crippen LogP contribution in [0.1, 0.15) is 6.92 Å². The zero-order valence-corrected chi connectivity index (χ0v) is 12.9. The number of hydrogen-bond donors (Lipinski definition) is 2. The van der Waals surface area contributed by atoms with Crippen molar-refractivity contribution < 1.29 is 14.3 Å². The van der Waals surface area contributed by atoms with Crippen molar-refractivity contribution in [1.29, 1.82) is 0 Å². The van der Waals surface area contributed by atoms with Crippen LogP contribution in [0.15, 0.2) is 48.5 Å². The Morgan fingerprint density at radius 3 is 2.55 bits per heavy atom. The molecule has 0 saturated carbocycles. The molecule has 2 aromatic carbocycles. The van der Waals surface area contributed by atoms with E-state index in [9.17, 15) is 4.79 Å². The molecule has 0 aliphatic heterocycles. The average molecular weight is 300 g/mol. The van der Waals surface area contributed by atoms with Crippen LogP contribution in [0.2, 0.25) is 0 Å². The summed E-state index contributed by atoms with van der Waals surface area (Å²) in [5.74, 6) is 1.22. The van der Waals surface area contributed by atoms with Crippen molar-refractivity contribution in [3.63, 3.8) is 0 Å². The fourth-order valence-electron chi connectivity index (χ4n) is 2.02. The summed E-state index contributed by atoms with van der Waals surface area (Å²) in [5.41, 5.74) is 1.47. The van der Waals surface area contributed by atoms with Crippen LogP contribution in [0.4, 0.5) is 11.4 Å². The average Bonchev–Trinajstić information content (AvgIpc) is 2.55. The van der Waals surface area contributed by atoms with Gasteiger partial charge in [-0.05, 0) is 31.2 Å². The van der Waals surface area contributed by atoms with E-state index < -0.39 is 6.04 Å². The summed E-state index contributed by atoms with van der Waals surface area (Å²) < 4.78 is 10.4. The topological polar surface area (TPSA) is 59.6 Å². The molecule has 2 N–H and O–H groups in total. The van der Waals surface area contributed by atoms with Crippen molar-refractivity contribution in [3.8, 4) is 11.5 Å². The van der Waals surface area contributed by atoms with Gasteiger partial charge >= 0.3 is 0 Å². The lowest BCUT2D eigenvalue weighted by molar-refractivity contribution is -0.116. The maximum Gasteiger partial charge on any atom is 0.246 e. The lowest BCUT2D eigenvalue weighted by Gasteiger charge is -2.17. The highest BCUT2D eigenvalue weighted by Gasteiger charge is 2.14. The van der Waals surface area contributed by atoms with Crippen LogP contribution in [-0.2, 0) is 4.79 Å². The number of amides is 1. The van der Waals surface area contributed by atoms with Gasteiger partial charge in [-0.25, -0.2) is 0 Å². The van der Waals surface area contributed by atoms with Crippen molar-refractivity contribution in [1.82, 2.24) is 0 Å². The van der Waals surface area contributed by atoms with E-state index in [1.54, 1.807) is 33.3 Å². The van der Waals surface area contributed by atoms with Crippen LogP contribution >= 0.6 is 0 Å². The maximum absolute atomic E-state index is 12.3. The largest absolute Gasteiger partial charge is 0.497 e. The first-order chi connectivity index (χ1) is 10.6. The standard InChI is InChI=1S/C17H20N2O3/c1-12(18-13-7-6-8-14(11-13)21-2)17(20)19-15-9-4-5-10-16(15)22-3/h4-12,18H,1-3H3,(H,19,20). The number of methoxy groups -OCH3 is 2. The van der Waals surface area contributed by atoms with Gasteiger partial charge in [0.2, 0.25) is 5.91 Å². The summed E-state index contributed by atoms with van der Waals surface area (Å²) in [4.78, 5) is 12.3. The van der Waals surface area contributed by atoms with Crippen LogP contribution in [0.3, 0.4) is 0 Å². The maximum atomic E-state index is 12.3. The number of rotatable bonds is 6. The van der Waals surface area contributed by atoms with Gasteiger partial charge in [-0.2, -0.15) is 0 Å². The van der Waals surface area contributed by atoms with Gasteiger partial charge < -0.3 is 20.1 Å². The Labute approximate surface area is 130 Å². The molecule has 5 heteroatoms. The number of anilines is 2. The van der Waals surface area contributed by atoms with E-state index in [-0.39, 0.29) is 5.91 Å². The Morgan fingerprint density at radius 2 is 1.82 bits per heavy atom. The number of nitrogens with one attached hydrogen (secondary N) is 2. The summed E-state index contributed by atoms with van der Waals surface area (Å²) in [5, 5.41) is 5.99. The van der Waals surface area contributed by atoms with E-state index in [2.05, 4.69) is 10.6 Å². The molecule has 22 heavy (non-hydrogen) atoms. The van der Waals surface area contributed by atoms with Crippen molar-refractivity contribution >= 4 is 17.3 Å². The Balaban J connectivity index is 2.02. The third-order valence-electron chi connectivity index (χ3n) is 3.21. The minimum Gasteiger partial charge on any atom is -0.497 e. The third-order valence-corrected chi connectivity index (χ3v) is 3.21.